The second-order valence-corrected chi connectivity index (χ2v) is 5.44. The number of aryl methyl sites for hydroxylation is 1. The summed E-state index contributed by atoms with van der Waals surface area (Å²) in [7, 11) is 0. The number of rotatable bonds is 7. The van der Waals surface area contributed by atoms with Gasteiger partial charge in [0.2, 0.25) is 0 Å². The fourth-order valence-corrected chi connectivity index (χ4v) is 2.40. The van der Waals surface area contributed by atoms with E-state index in [1.807, 2.05) is 18.2 Å². The Morgan fingerprint density at radius 2 is 1.95 bits per heavy atom. The van der Waals surface area contributed by atoms with Crippen LogP contribution in [-0.2, 0) is 0 Å². The molecule has 3 heteroatoms. The number of amides is 1. The average Bonchev–Trinajstić information content (AvgIpc) is 2.85. The Hall–Kier alpha value is -1.77. The van der Waals surface area contributed by atoms with E-state index in [1.165, 1.54) is 31.2 Å². The summed E-state index contributed by atoms with van der Waals surface area (Å²) in [4.78, 5) is 15.2. The van der Waals surface area contributed by atoms with Crippen LogP contribution in [0.4, 0.5) is 0 Å². The molecule has 2 N–H and O–H groups in total. The fraction of sp³-hybridized carbons (Fsp3) is 0.471. The van der Waals surface area contributed by atoms with Crippen LogP contribution in [0, 0.1) is 6.92 Å². The number of hydrogen-bond donors (Lipinski definition) is 2. The molecule has 0 unspecified atom stereocenters. The fourth-order valence-electron chi connectivity index (χ4n) is 2.40. The zero-order valence-electron chi connectivity index (χ0n) is 12.5. The summed E-state index contributed by atoms with van der Waals surface area (Å²) in [5, 5.41) is 4.08. The molecule has 1 aromatic heterocycles. The van der Waals surface area contributed by atoms with Crippen molar-refractivity contribution in [3.05, 3.63) is 35.5 Å². The van der Waals surface area contributed by atoms with Crippen molar-refractivity contribution >= 4 is 16.8 Å². The normalized spacial score (nSPS) is 10.9. The molecule has 0 saturated heterocycles. The van der Waals surface area contributed by atoms with Crippen molar-refractivity contribution in [2.45, 2.75) is 46.0 Å². The average molecular weight is 272 g/mol. The summed E-state index contributed by atoms with van der Waals surface area (Å²) in [6, 6.07) is 8.09. The van der Waals surface area contributed by atoms with Gasteiger partial charge in [0.15, 0.2) is 0 Å². The van der Waals surface area contributed by atoms with Gasteiger partial charge < -0.3 is 10.3 Å². The molecule has 1 aromatic carbocycles. The third-order valence-electron chi connectivity index (χ3n) is 3.59. The first-order valence-electron chi connectivity index (χ1n) is 7.58. The highest BCUT2D eigenvalue weighted by Gasteiger charge is 2.08. The Bertz CT molecular complexity index is 571. The molecule has 20 heavy (non-hydrogen) atoms. The molecule has 2 aromatic rings. The summed E-state index contributed by atoms with van der Waals surface area (Å²) in [5.41, 5.74) is 2.88. The molecule has 0 aliphatic rings. The Morgan fingerprint density at radius 3 is 2.75 bits per heavy atom. The highest BCUT2D eigenvalue weighted by molar-refractivity contribution is 5.98. The van der Waals surface area contributed by atoms with E-state index in [1.54, 1.807) is 0 Å². The molecule has 0 aliphatic carbocycles. The van der Waals surface area contributed by atoms with Gasteiger partial charge in [0, 0.05) is 17.4 Å². The van der Waals surface area contributed by atoms with Gasteiger partial charge in [0.05, 0.1) is 0 Å². The molecule has 3 nitrogen and oxygen atoms in total. The summed E-state index contributed by atoms with van der Waals surface area (Å²) in [6.45, 7) is 5.03. The maximum absolute atomic E-state index is 12.0. The molecule has 108 valence electrons. The molecule has 0 radical (unpaired) electrons. The minimum atomic E-state index is -0.00524. The van der Waals surface area contributed by atoms with Crippen LogP contribution in [0.1, 0.15) is 55.1 Å². The first kappa shape index (κ1) is 14.6. The smallest absolute Gasteiger partial charge is 0.267 e. The third kappa shape index (κ3) is 3.86. The molecule has 0 saturated carbocycles. The summed E-state index contributed by atoms with van der Waals surface area (Å²) in [5.74, 6) is -0.00524. The van der Waals surface area contributed by atoms with Crippen molar-refractivity contribution in [3.63, 3.8) is 0 Å². The van der Waals surface area contributed by atoms with Gasteiger partial charge in [0.25, 0.3) is 5.91 Å². The van der Waals surface area contributed by atoms with Crippen molar-refractivity contribution in [3.8, 4) is 0 Å². The van der Waals surface area contributed by atoms with E-state index in [2.05, 4.69) is 30.2 Å². The molecule has 1 amide bonds. The third-order valence-corrected chi connectivity index (χ3v) is 3.59. The molecule has 0 atom stereocenters. The van der Waals surface area contributed by atoms with Crippen LogP contribution in [0.5, 0.6) is 0 Å². The van der Waals surface area contributed by atoms with Crippen molar-refractivity contribution in [2.75, 3.05) is 6.54 Å². The summed E-state index contributed by atoms with van der Waals surface area (Å²) in [6.07, 6.45) is 6.05. The maximum Gasteiger partial charge on any atom is 0.267 e. The first-order chi connectivity index (χ1) is 9.70. The Labute approximate surface area is 120 Å². The second kappa shape index (κ2) is 7.13. The Morgan fingerprint density at radius 1 is 1.15 bits per heavy atom. The zero-order valence-corrected chi connectivity index (χ0v) is 12.5. The largest absolute Gasteiger partial charge is 0.351 e. The lowest BCUT2D eigenvalue weighted by molar-refractivity contribution is 0.0949. The summed E-state index contributed by atoms with van der Waals surface area (Å²) < 4.78 is 0. The Balaban J connectivity index is 1.85. The standard InChI is InChI=1S/C17H24N2O/c1-3-4-5-6-7-10-18-17(20)16-12-14-11-13(2)8-9-15(14)19-16/h8-9,11-12,19H,3-7,10H2,1-2H3,(H,18,20). The SMILES string of the molecule is CCCCCCCNC(=O)c1cc2cc(C)ccc2[nH]1. The number of aromatic amines is 1. The van der Waals surface area contributed by atoms with Crippen LogP contribution < -0.4 is 5.32 Å². The Kier molecular flexibility index (Phi) is 5.22. The molecular weight excluding hydrogens is 248 g/mol. The second-order valence-electron chi connectivity index (χ2n) is 5.44. The van der Waals surface area contributed by atoms with Crippen LogP contribution in [0.15, 0.2) is 24.3 Å². The van der Waals surface area contributed by atoms with E-state index >= 15 is 0 Å². The number of fused-ring (bicyclic) bond motifs is 1. The number of aromatic nitrogens is 1. The quantitative estimate of drug-likeness (QED) is 0.730. The number of unbranched alkanes of at least 4 members (excludes halogenated alkanes) is 4. The van der Waals surface area contributed by atoms with E-state index in [0.29, 0.717) is 5.69 Å². The number of carbonyl (C=O) groups is 1. The lowest BCUT2D eigenvalue weighted by atomic mass is 10.1. The molecule has 1 heterocycles. The lowest BCUT2D eigenvalue weighted by Crippen LogP contribution is -2.24. The maximum atomic E-state index is 12.0. The predicted molar refractivity (Wildman–Crippen MR) is 84.1 cm³/mol. The molecule has 0 aliphatic heterocycles. The van der Waals surface area contributed by atoms with E-state index in [9.17, 15) is 4.79 Å². The number of hydrogen-bond acceptors (Lipinski definition) is 1. The number of carbonyl (C=O) groups excluding carboxylic acids is 1. The van der Waals surface area contributed by atoms with Crippen molar-refractivity contribution in [1.29, 1.82) is 0 Å². The molecule has 0 spiro atoms. The molecule has 2 rings (SSSR count). The van der Waals surface area contributed by atoms with E-state index in [4.69, 9.17) is 0 Å². The van der Waals surface area contributed by atoms with Crippen molar-refractivity contribution in [1.82, 2.24) is 10.3 Å². The van der Waals surface area contributed by atoms with E-state index in [-0.39, 0.29) is 5.91 Å². The van der Waals surface area contributed by atoms with Crippen molar-refractivity contribution in [2.24, 2.45) is 0 Å². The zero-order chi connectivity index (χ0) is 14.4. The number of H-pyrrole nitrogens is 1. The molecule has 0 fully saturated rings. The molecule has 0 bridgehead atoms. The lowest BCUT2D eigenvalue weighted by Gasteiger charge is -2.03. The highest BCUT2D eigenvalue weighted by atomic mass is 16.1. The van der Waals surface area contributed by atoms with Gasteiger partial charge in [-0.05, 0) is 31.5 Å². The minimum Gasteiger partial charge on any atom is -0.351 e. The van der Waals surface area contributed by atoms with Gasteiger partial charge in [-0.15, -0.1) is 0 Å². The van der Waals surface area contributed by atoms with Gasteiger partial charge in [-0.1, -0.05) is 44.2 Å². The molecular formula is C17H24N2O. The monoisotopic (exact) mass is 272 g/mol. The van der Waals surface area contributed by atoms with Crippen LogP contribution in [-0.4, -0.2) is 17.4 Å². The predicted octanol–water partition coefficient (Wildman–Crippen LogP) is 4.18. The topological polar surface area (TPSA) is 44.9 Å². The van der Waals surface area contributed by atoms with Crippen LogP contribution in [0.2, 0.25) is 0 Å². The van der Waals surface area contributed by atoms with Crippen LogP contribution in [0.3, 0.4) is 0 Å². The van der Waals surface area contributed by atoms with Gasteiger partial charge >= 0.3 is 0 Å². The van der Waals surface area contributed by atoms with Gasteiger partial charge in [0.1, 0.15) is 5.69 Å². The minimum absolute atomic E-state index is 0.00524. The highest BCUT2D eigenvalue weighted by Crippen LogP contribution is 2.16. The number of nitrogens with one attached hydrogen (secondary N) is 2. The van der Waals surface area contributed by atoms with Gasteiger partial charge in [-0.3, -0.25) is 4.79 Å². The van der Waals surface area contributed by atoms with E-state index in [0.717, 1.165) is 23.9 Å². The number of benzene rings is 1. The van der Waals surface area contributed by atoms with Crippen LogP contribution >= 0.6 is 0 Å². The first-order valence-corrected chi connectivity index (χ1v) is 7.58. The van der Waals surface area contributed by atoms with Crippen LogP contribution in [0.25, 0.3) is 10.9 Å². The van der Waals surface area contributed by atoms with Crippen molar-refractivity contribution < 1.29 is 4.79 Å². The summed E-state index contributed by atoms with van der Waals surface area (Å²) >= 11 is 0. The van der Waals surface area contributed by atoms with Gasteiger partial charge in [-0.2, -0.15) is 0 Å². The van der Waals surface area contributed by atoms with Gasteiger partial charge in [-0.25, -0.2) is 0 Å². The van der Waals surface area contributed by atoms with E-state index < -0.39 is 0 Å².